The van der Waals surface area contributed by atoms with Gasteiger partial charge in [0.1, 0.15) is 11.9 Å². The van der Waals surface area contributed by atoms with Gasteiger partial charge in [-0.1, -0.05) is 37.3 Å². The summed E-state index contributed by atoms with van der Waals surface area (Å²) in [4.78, 5) is 0. The smallest absolute Gasteiger partial charge is 0.119 e. The Labute approximate surface area is 128 Å². The van der Waals surface area contributed by atoms with E-state index in [0.717, 1.165) is 35.3 Å². The highest BCUT2D eigenvalue weighted by molar-refractivity contribution is 7.17. The van der Waals surface area contributed by atoms with Gasteiger partial charge in [-0.15, -0.1) is 11.3 Å². The molecule has 0 aliphatic rings. The van der Waals surface area contributed by atoms with Crippen molar-refractivity contribution in [1.29, 1.82) is 0 Å². The first-order valence-electron chi connectivity index (χ1n) is 7.16. The van der Waals surface area contributed by atoms with Gasteiger partial charge in [-0.3, -0.25) is 0 Å². The number of hydrogen-bond acceptors (Lipinski definition) is 3. The molecule has 1 N–H and O–H groups in total. The highest BCUT2D eigenvalue weighted by atomic mass is 32.1. The van der Waals surface area contributed by atoms with E-state index >= 15 is 0 Å². The summed E-state index contributed by atoms with van der Waals surface area (Å²) in [6, 6.07) is 15.9. The number of thiophene rings is 1. The Hall–Kier alpha value is -1.84. The summed E-state index contributed by atoms with van der Waals surface area (Å²) in [5, 5.41) is 13.8. The SMILES string of the molecule is CCCOc1ccc(C(O)c2csc3ccccc23)cc1. The zero-order chi connectivity index (χ0) is 14.7. The molecule has 1 atom stereocenters. The summed E-state index contributed by atoms with van der Waals surface area (Å²) >= 11 is 1.67. The Morgan fingerprint density at radius 3 is 2.62 bits per heavy atom. The zero-order valence-corrected chi connectivity index (χ0v) is 12.8. The summed E-state index contributed by atoms with van der Waals surface area (Å²) < 4.78 is 6.77. The van der Waals surface area contributed by atoms with E-state index < -0.39 is 6.10 Å². The van der Waals surface area contributed by atoms with E-state index in [1.165, 1.54) is 4.70 Å². The van der Waals surface area contributed by atoms with Crippen LogP contribution >= 0.6 is 11.3 Å². The lowest BCUT2D eigenvalue weighted by Gasteiger charge is -2.12. The fourth-order valence-electron chi connectivity index (χ4n) is 2.36. The van der Waals surface area contributed by atoms with Crippen LogP contribution in [0.1, 0.15) is 30.6 Å². The maximum atomic E-state index is 10.6. The molecule has 2 nitrogen and oxygen atoms in total. The van der Waals surface area contributed by atoms with Crippen molar-refractivity contribution in [1.82, 2.24) is 0 Å². The van der Waals surface area contributed by atoms with E-state index in [1.54, 1.807) is 11.3 Å². The highest BCUT2D eigenvalue weighted by Crippen LogP contribution is 2.33. The number of fused-ring (bicyclic) bond motifs is 1. The second-order valence-corrected chi connectivity index (χ2v) is 5.92. The minimum atomic E-state index is -0.596. The molecule has 108 valence electrons. The molecule has 0 saturated carbocycles. The van der Waals surface area contributed by atoms with Crippen LogP contribution in [0.4, 0.5) is 0 Å². The summed E-state index contributed by atoms with van der Waals surface area (Å²) in [7, 11) is 0. The average molecular weight is 298 g/mol. The van der Waals surface area contributed by atoms with E-state index in [9.17, 15) is 5.11 Å². The van der Waals surface area contributed by atoms with Gasteiger partial charge in [0.15, 0.2) is 0 Å². The standard InChI is InChI=1S/C18H18O2S/c1-2-11-20-14-9-7-13(8-10-14)18(19)16-12-21-17-6-4-3-5-15(16)17/h3-10,12,18-19H,2,11H2,1H3. The van der Waals surface area contributed by atoms with Crippen LogP contribution in [0.25, 0.3) is 10.1 Å². The molecule has 0 radical (unpaired) electrons. The Morgan fingerprint density at radius 1 is 1.10 bits per heavy atom. The monoisotopic (exact) mass is 298 g/mol. The number of aliphatic hydroxyl groups is 1. The van der Waals surface area contributed by atoms with Gasteiger partial charge in [-0.25, -0.2) is 0 Å². The van der Waals surface area contributed by atoms with Gasteiger partial charge in [0, 0.05) is 10.3 Å². The van der Waals surface area contributed by atoms with E-state index in [1.807, 2.05) is 41.8 Å². The molecule has 3 heteroatoms. The van der Waals surface area contributed by atoms with Gasteiger partial charge in [-0.2, -0.15) is 0 Å². The molecule has 0 fully saturated rings. The predicted molar refractivity (Wildman–Crippen MR) is 88.1 cm³/mol. The minimum Gasteiger partial charge on any atom is -0.494 e. The van der Waals surface area contributed by atoms with Crippen molar-refractivity contribution in [2.45, 2.75) is 19.4 Å². The van der Waals surface area contributed by atoms with Crippen molar-refractivity contribution in [2.24, 2.45) is 0 Å². The van der Waals surface area contributed by atoms with E-state index in [4.69, 9.17) is 4.74 Å². The van der Waals surface area contributed by atoms with Crippen molar-refractivity contribution in [2.75, 3.05) is 6.61 Å². The normalized spacial score (nSPS) is 12.5. The number of ether oxygens (including phenoxy) is 1. The van der Waals surface area contributed by atoms with Gasteiger partial charge in [0.25, 0.3) is 0 Å². The third-order valence-corrected chi connectivity index (χ3v) is 4.46. The summed E-state index contributed by atoms with van der Waals surface area (Å²) in [5.74, 6) is 0.850. The molecule has 0 amide bonds. The molecule has 21 heavy (non-hydrogen) atoms. The number of benzene rings is 2. The van der Waals surface area contributed by atoms with Crippen molar-refractivity contribution >= 4 is 21.4 Å². The summed E-state index contributed by atoms with van der Waals surface area (Å²) in [6.45, 7) is 2.80. The molecule has 2 aromatic carbocycles. The van der Waals surface area contributed by atoms with E-state index in [-0.39, 0.29) is 0 Å². The topological polar surface area (TPSA) is 29.5 Å². The number of aliphatic hydroxyl groups excluding tert-OH is 1. The van der Waals surface area contributed by atoms with Crippen molar-refractivity contribution in [3.63, 3.8) is 0 Å². The predicted octanol–water partition coefficient (Wildman–Crippen LogP) is 4.77. The summed E-state index contributed by atoms with van der Waals surface area (Å²) in [6.07, 6.45) is 0.395. The Kier molecular flexibility index (Phi) is 4.23. The van der Waals surface area contributed by atoms with Crippen molar-refractivity contribution in [3.8, 4) is 5.75 Å². The molecule has 0 spiro atoms. The Bertz CT molecular complexity index is 715. The quantitative estimate of drug-likeness (QED) is 0.735. The largest absolute Gasteiger partial charge is 0.494 e. The zero-order valence-electron chi connectivity index (χ0n) is 12.0. The molecule has 1 unspecified atom stereocenters. The molecule has 1 heterocycles. The average Bonchev–Trinajstić information content (AvgIpc) is 2.97. The Morgan fingerprint density at radius 2 is 1.86 bits per heavy atom. The Balaban J connectivity index is 1.86. The maximum Gasteiger partial charge on any atom is 0.119 e. The van der Waals surface area contributed by atoms with Gasteiger partial charge < -0.3 is 9.84 Å². The van der Waals surface area contributed by atoms with Crippen LogP contribution in [-0.4, -0.2) is 11.7 Å². The van der Waals surface area contributed by atoms with Crippen molar-refractivity contribution in [3.05, 3.63) is 65.0 Å². The van der Waals surface area contributed by atoms with Crippen LogP contribution in [-0.2, 0) is 0 Å². The molecule has 3 rings (SSSR count). The lowest BCUT2D eigenvalue weighted by Crippen LogP contribution is -1.99. The van der Waals surface area contributed by atoms with Crippen LogP contribution in [0.3, 0.4) is 0 Å². The van der Waals surface area contributed by atoms with Crippen molar-refractivity contribution < 1.29 is 9.84 Å². The molecular formula is C18H18O2S. The third kappa shape index (κ3) is 2.94. The van der Waals surface area contributed by atoms with Crippen LogP contribution in [0.15, 0.2) is 53.9 Å². The molecular weight excluding hydrogens is 280 g/mol. The fraction of sp³-hybridized carbons (Fsp3) is 0.222. The number of rotatable bonds is 5. The second-order valence-electron chi connectivity index (χ2n) is 5.01. The highest BCUT2D eigenvalue weighted by Gasteiger charge is 2.15. The van der Waals surface area contributed by atoms with Crippen LogP contribution in [0, 0.1) is 0 Å². The minimum absolute atomic E-state index is 0.596. The second kappa shape index (κ2) is 6.29. The first-order chi connectivity index (χ1) is 10.3. The first-order valence-corrected chi connectivity index (χ1v) is 8.04. The molecule has 0 bridgehead atoms. The molecule has 3 aromatic rings. The first kappa shape index (κ1) is 14.1. The summed E-state index contributed by atoms with van der Waals surface area (Å²) in [5.41, 5.74) is 1.86. The molecule has 0 aliphatic carbocycles. The lowest BCUT2D eigenvalue weighted by molar-refractivity contribution is 0.222. The molecule has 0 saturated heterocycles. The number of hydrogen-bond donors (Lipinski definition) is 1. The fourth-order valence-corrected chi connectivity index (χ4v) is 3.34. The van der Waals surface area contributed by atoms with Crippen LogP contribution in [0.2, 0.25) is 0 Å². The van der Waals surface area contributed by atoms with Crippen LogP contribution in [0.5, 0.6) is 5.75 Å². The van der Waals surface area contributed by atoms with E-state index in [2.05, 4.69) is 19.1 Å². The van der Waals surface area contributed by atoms with Gasteiger partial charge in [-0.05, 0) is 40.9 Å². The third-order valence-electron chi connectivity index (χ3n) is 3.47. The molecule has 1 aromatic heterocycles. The van der Waals surface area contributed by atoms with Gasteiger partial charge >= 0.3 is 0 Å². The molecule has 0 aliphatic heterocycles. The van der Waals surface area contributed by atoms with Crippen LogP contribution < -0.4 is 4.74 Å². The van der Waals surface area contributed by atoms with E-state index in [0.29, 0.717) is 0 Å². The lowest BCUT2D eigenvalue weighted by atomic mass is 10.0. The van der Waals surface area contributed by atoms with Gasteiger partial charge in [0.05, 0.1) is 6.61 Å². The maximum absolute atomic E-state index is 10.6. The van der Waals surface area contributed by atoms with Gasteiger partial charge in [0.2, 0.25) is 0 Å².